The summed E-state index contributed by atoms with van der Waals surface area (Å²) in [5.41, 5.74) is 0.529. The van der Waals surface area contributed by atoms with Gasteiger partial charge in [-0.05, 0) is 12.0 Å². The molecule has 0 heterocycles. The fourth-order valence-corrected chi connectivity index (χ4v) is 1.42. The summed E-state index contributed by atoms with van der Waals surface area (Å²) in [6, 6.07) is 5.19. The molecule has 92 valence electrons. The van der Waals surface area contributed by atoms with Crippen molar-refractivity contribution in [3.63, 3.8) is 0 Å². The number of hydrogen-bond acceptors (Lipinski definition) is 4. The Morgan fingerprint density at radius 1 is 1.53 bits per heavy atom. The van der Waals surface area contributed by atoms with Gasteiger partial charge in [-0.2, -0.15) is 0 Å². The highest BCUT2D eigenvalue weighted by molar-refractivity contribution is 5.64. The lowest BCUT2D eigenvalue weighted by Crippen LogP contribution is -2.38. The van der Waals surface area contributed by atoms with Crippen molar-refractivity contribution < 1.29 is 19.9 Å². The van der Waals surface area contributed by atoms with Gasteiger partial charge >= 0.3 is 6.09 Å². The summed E-state index contributed by atoms with van der Waals surface area (Å²) in [6.07, 6.45) is -1.04. The van der Waals surface area contributed by atoms with E-state index in [0.29, 0.717) is 5.56 Å². The average molecular weight is 240 g/mol. The fraction of sp³-hybridized carbons (Fsp3) is 0.300. The van der Waals surface area contributed by atoms with Gasteiger partial charge in [0, 0.05) is 12.1 Å². The number of nitrogens with one attached hydrogen (secondary N) is 1. The Morgan fingerprint density at radius 2 is 2.24 bits per heavy atom. The van der Waals surface area contributed by atoms with Gasteiger partial charge in [0.2, 0.25) is 0 Å². The first-order valence-electron chi connectivity index (χ1n) is 4.86. The second-order valence-electron chi connectivity index (χ2n) is 3.46. The molecule has 0 aromatic heterocycles. The Bertz CT molecular complexity index is 421. The van der Waals surface area contributed by atoms with Gasteiger partial charge in [-0.3, -0.25) is 10.1 Å². The van der Waals surface area contributed by atoms with Gasteiger partial charge in [-0.25, -0.2) is 4.79 Å². The predicted octanol–water partition coefficient (Wildman–Crippen LogP) is 0.766. The smallest absolute Gasteiger partial charge is 0.404 e. The number of aliphatic hydroxyl groups excluding tert-OH is 1. The summed E-state index contributed by atoms with van der Waals surface area (Å²) in [6.45, 7) is -0.366. The maximum absolute atomic E-state index is 10.5. The number of rotatable bonds is 5. The number of benzene rings is 1. The van der Waals surface area contributed by atoms with Gasteiger partial charge in [0.05, 0.1) is 17.6 Å². The Labute approximate surface area is 96.8 Å². The van der Waals surface area contributed by atoms with Gasteiger partial charge in [-0.1, -0.05) is 12.1 Å². The minimum Gasteiger partial charge on any atom is -0.465 e. The van der Waals surface area contributed by atoms with E-state index in [1.54, 1.807) is 6.07 Å². The van der Waals surface area contributed by atoms with Gasteiger partial charge in [-0.15, -0.1) is 0 Å². The summed E-state index contributed by atoms with van der Waals surface area (Å²) in [5.74, 6) is 0. The number of nitrogens with zero attached hydrogens (tertiary/aromatic N) is 1. The van der Waals surface area contributed by atoms with Crippen molar-refractivity contribution in [2.24, 2.45) is 0 Å². The van der Waals surface area contributed by atoms with E-state index in [1.807, 2.05) is 0 Å². The zero-order valence-corrected chi connectivity index (χ0v) is 8.87. The number of carbonyl (C=O) groups is 1. The third-order valence-electron chi connectivity index (χ3n) is 2.15. The molecule has 1 atom stereocenters. The summed E-state index contributed by atoms with van der Waals surface area (Å²) >= 11 is 0. The van der Waals surface area contributed by atoms with Crippen LogP contribution >= 0.6 is 0 Å². The van der Waals surface area contributed by atoms with Crippen LogP contribution in [0.5, 0.6) is 0 Å². The highest BCUT2D eigenvalue weighted by Gasteiger charge is 2.13. The van der Waals surface area contributed by atoms with Crippen LogP contribution in [-0.4, -0.2) is 33.9 Å². The van der Waals surface area contributed by atoms with Crippen molar-refractivity contribution in [2.45, 2.75) is 12.5 Å². The van der Waals surface area contributed by atoms with E-state index in [2.05, 4.69) is 5.32 Å². The molecule has 1 amide bonds. The van der Waals surface area contributed by atoms with Crippen molar-refractivity contribution >= 4 is 11.8 Å². The molecule has 7 heteroatoms. The molecule has 0 fully saturated rings. The number of nitro benzene ring substituents is 1. The highest BCUT2D eigenvalue weighted by atomic mass is 16.6. The number of nitro groups is 1. The van der Waals surface area contributed by atoms with Crippen LogP contribution in [0.15, 0.2) is 24.3 Å². The van der Waals surface area contributed by atoms with Gasteiger partial charge in [0.1, 0.15) is 0 Å². The summed E-state index contributed by atoms with van der Waals surface area (Å²) < 4.78 is 0. The SMILES string of the molecule is O=C(O)NC(CO)Cc1cccc([N+](=O)[O-])c1. The van der Waals surface area contributed by atoms with Crippen molar-refractivity contribution in [3.8, 4) is 0 Å². The van der Waals surface area contributed by atoms with Gasteiger partial charge < -0.3 is 15.5 Å². The molecule has 0 saturated heterocycles. The first kappa shape index (κ1) is 12.9. The molecule has 1 aromatic rings. The number of amides is 1. The van der Waals surface area contributed by atoms with Crippen molar-refractivity contribution in [1.29, 1.82) is 0 Å². The van der Waals surface area contributed by atoms with Crippen LogP contribution in [0.3, 0.4) is 0 Å². The third-order valence-corrected chi connectivity index (χ3v) is 2.15. The van der Waals surface area contributed by atoms with Gasteiger partial charge in [0.25, 0.3) is 5.69 Å². The summed E-state index contributed by atoms with van der Waals surface area (Å²) in [7, 11) is 0. The van der Waals surface area contributed by atoms with E-state index in [-0.39, 0.29) is 18.7 Å². The molecular weight excluding hydrogens is 228 g/mol. The third kappa shape index (κ3) is 4.07. The van der Waals surface area contributed by atoms with E-state index in [1.165, 1.54) is 18.2 Å². The number of hydrogen-bond donors (Lipinski definition) is 3. The van der Waals surface area contributed by atoms with E-state index >= 15 is 0 Å². The van der Waals surface area contributed by atoms with Crippen molar-refractivity contribution in [1.82, 2.24) is 5.32 Å². The van der Waals surface area contributed by atoms with Crippen LogP contribution in [0.2, 0.25) is 0 Å². The molecule has 0 radical (unpaired) electrons. The monoisotopic (exact) mass is 240 g/mol. The largest absolute Gasteiger partial charge is 0.465 e. The first-order chi connectivity index (χ1) is 8.02. The number of non-ortho nitro benzene ring substituents is 1. The maximum atomic E-state index is 10.5. The highest BCUT2D eigenvalue weighted by Crippen LogP contribution is 2.14. The average Bonchev–Trinajstić information content (AvgIpc) is 2.28. The van der Waals surface area contributed by atoms with Crippen LogP contribution < -0.4 is 5.32 Å². The van der Waals surface area contributed by atoms with Crippen molar-refractivity contribution in [3.05, 3.63) is 39.9 Å². The normalized spacial score (nSPS) is 11.8. The van der Waals surface area contributed by atoms with Crippen LogP contribution in [0, 0.1) is 10.1 Å². The lowest BCUT2D eigenvalue weighted by atomic mass is 10.1. The maximum Gasteiger partial charge on any atom is 0.404 e. The molecule has 1 rings (SSSR count). The topological polar surface area (TPSA) is 113 Å². The Kier molecular flexibility index (Phi) is 4.41. The van der Waals surface area contributed by atoms with Crippen LogP contribution in [0.4, 0.5) is 10.5 Å². The zero-order chi connectivity index (χ0) is 12.8. The molecule has 0 spiro atoms. The quantitative estimate of drug-likeness (QED) is 0.519. The van der Waals surface area contributed by atoms with Crippen molar-refractivity contribution in [2.75, 3.05) is 6.61 Å². The molecule has 0 bridgehead atoms. The molecule has 1 unspecified atom stereocenters. The zero-order valence-electron chi connectivity index (χ0n) is 8.87. The van der Waals surface area contributed by atoms with E-state index < -0.39 is 17.1 Å². The minimum absolute atomic E-state index is 0.0606. The lowest BCUT2D eigenvalue weighted by Gasteiger charge is -2.13. The van der Waals surface area contributed by atoms with E-state index in [4.69, 9.17) is 10.2 Å². The molecule has 17 heavy (non-hydrogen) atoms. The molecule has 1 aromatic carbocycles. The van der Waals surface area contributed by atoms with Crippen LogP contribution in [-0.2, 0) is 6.42 Å². The van der Waals surface area contributed by atoms with E-state index in [9.17, 15) is 14.9 Å². The molecule has 0 aliphatic carbocycles. The number of carboxylic acid groups (broad SMARTS) is 1. The molecule has 0 aliphatic heterocycles. The molecule has 0 saturated carbocycles. The van der Waals surface area contributed by atoms with Crippen LogP contribution in [0.25, 0.3) is 0 Å². The Morgan fingerprint density at radius 3 is 2.76 bits per heavy atom. The fourth-order valence-electron chi connectivity index (χ4n) is 1.42. The molecule has 0 aliphatic rings. The molecule has 7 nitrogen and oxygen atoms in total. The van der Waals surface area contributed by atoms with Crippen LogP contribution in [0.1, 0.15) is 5.56 Å². The predicted molar refractivity (Wildman–Crippen MR) is 58.8 cm³/mol. The summed E-state index contributed by atoms with van der Waals surface area (Å²) in [5, 5.41) is 30.1. The molecule has 3 N–H and O–H groups in total. The Balaban J connectivity index is 2.75. The second-order valence-corrected chi connectivity index (χ2v) is 3.46. The Hall–Kier alpha value is -2.15. The molecular formula is C10H12N2O5. The second kappa shape index (κ2) is 5.80. The summed E-state index contributed by atoms with van der Waals surface area (Å²) in [4.78, 5) is 20.4. The number of aliphatic hydroxyl groups is 1. The minimum atomic E-state index is -1.24. The standard InChI is InChI=1S/C10H12N2O5/c13-6-8(11-10(14)15)4-7-2-1-3-9(5-7)12(16)17/h1-3,5,8,11,13H,4,6H2,(H,14,15). The van der Waals surface area contributed by atoms with E-state index in [0.717, 1.165) is 0 Å². The first-order valence-corrected chi connectivity index (χ1v) is 4.86. The van der Waals surface area contributed by atoms with Gasteiger partial charge in [0.15, 0.2) is 0 Å². The lowest BCUT2D eigenvalue weighted by molar-refractivity contribution is -0.384.